The summed E-state index contributed by atoms with van der Waals surface area (Å²) in [6.07, 6.45) is -0.108. The van der Waals surface area contributed by atoms with Crippen molar-refractivity contribution in [1.82, 2.24) is 5.32 Å². The molecule has 1 atom stereocenters. The van der Waals surface area contributed by atoms with Gasteiger partial charge in [0.05, 0.1) is 6.42 Å². The molecule has 19 heavy (non-hydrogen) atoms. The van der Waals surface area contributed by atoms with Gasteiger partial charge in [-0.15, -0.1) is 0 Å². The molecule has 0 saturated heterocycles. The van der Waals surface area contributed by atoms with Gasteiger partial charge < -0.3 is 10.4 Å². The topological polar surface area (TPSA) is 66.4 Å². The van der Waals surface area contributed by atoms with Crippen LogP contribution in [0.25, 0.3) is 0 Å². The maximum Gasteiger partial charge on any atom is 0.305 e. The summed E-state index contributed by atoms with van der Waals surface area (Å²) in [6.45, 7) is 5.70. The third kappa shape index (κ3) is 4.56. The highest BCUT2D eigenvalue weighted by atomic mass is 35.5. The van der Waals surface area contributed by atoms with Crippen LogP contribution in [-0.4, -0.2) is 23.0 Å². The first-order valence-corrected chi connectivity index (χ1v) is 6.51. The van der Waals surface area contributed by atoms with Crippen LogP contribution in [0.3, 0.4) is 0 Å². The lowest BCUT2D eigenvalue weighted by Crippen LogP contribution is -2.34. The maximum absolute atomic E-state index is 11.9. The van der Waals surface area contributed by atoms with Crippen molar-refractivity contribution in [2.24, 2.45) is 0 Å². The standard InChI is InChI=1S/C14H18ClNO3/c1-8(2)11-5-4-10(7-12(11)15)14(19)16-9(3)6-13(17)18/h4-5,7-9H,6H2,1-3H3,(H,16,19)(H,17,18). The average Bonchev–Trinajstić information content (AvgIpc) is 2.26. The van der Waals surface area contributed by atoms with Gasteiger partial charge in [-0.3, -0.25) is 9.59 Å². The van der Waals surface area contributed by atoms with Gasteiger partial charge in [0.15, 0.2) is 0 Å². The van der Waals surface area contributed by atoms with Gasteiger partial charge in [0.25, 0.3) is 5.91 Å². The minimum atomic E-state index is -0.944. The minimum absolute atomic E-state index is 0.108. The Kier molecular flexibility index (Phi) is 5.36. The van der Waals surface area contributed by atoms with Gasteiger partial charge in [-0.25, -0.2) is 0 Å². The van der Waals surface area contributed by atoms with Crippen molar-refractivity contribution in [1.29, 1.82) is 0 Å². The Morgan fingerprint density at radius 2 is 1.95 bits per heavy atom. The van der Waals surface area contributed by atoms with Crippen LogP contribution in [0.15, 0.2) is 18.2 Å². The Labute approximate surface area is 117 Å². The molecule has 0 aliphatic carbocycles. The van der Waals surface area contributed by atoms with Gasteiger partial charge in [0, 0.05) is 16.6 Å². The molecule has 1 unspecified atom stereocenters. The van der Waals surface area contributed by atoms with Crippen LogP contribution in [-0.2, 0) is 4.79 Å². The summed E-state index contributed by atoms with van der Waals surface area (Å²) < 4.78 is 0. The van der Waals surface area contributed by atoms with Gasteiger partial charge in [-0.05, 0) is 30.5 Å². The van der Waals surface area contributed by atoms with Gasteiger partial charge in [0.1, 0.15) is 0 Å². The fourth-order valence-electron chi connectivity index (χ4n) is 1.76. The second-order valence-corrected chi connectivity index (χ2v) is 5.27. The van der Waals surface area contributed by atoms with E-state index in [1.54, 1.807) is 19.1 Å². The number of carboxylic acids is 1. The number of benzene rings is 1. The zero-order chi connectivity index (χ0) is 14.6. The monoisotopic (exact) mass is 283 g/mol. The molecule has 2 N–H and O–H groups in total. The molecular formula is C14H18ClNO3. The lowest BCUT2D eigenvalue weighted by atomic mass is 10.0. The number of rotatable bonds is 5. The van der Waals surface area contributed by atoms with E-state index in [9.17, 15) is 9.59 Å². The van der Waals surface area contributed by atoms with Crippen molar-refractivity contribution >= 4 is 23.5 Å². The molecule has 0 aliphatic rings. The fraction of sp³-hybridized carbons (Fsp3) is 0.429. The number of nitrogens with one attached hydrogen (secondary N) is 1. The Morgan fingerprint density at radius 1 is 1.32 bits per heavy atom. The molecule has 1 rings (SSSR count). The number of hydrogen-bond donors (Lipinski definition) is 2. The Hall–Kier alpha value is -1.55. The molecule has 0 aromatic heterocycles. The normalized spacial score (nSPS) is 12.3. The summed E-state index contributed by atoms with van der Waals surface area (Å²) >= 11 is 6.12. The molecule has 0 spiro atoms. The second kappa shape index (κ2) is 6.57. The summed E-state index contributed by atoms with van der Waals surface area (Å²) in [5, 5.41) is 11.8. The minimum Gasteiger partial charge on any atom is -0.481 e. The molecule has 0 heterocycles. The number of carbonyl (C=O) groups is 2. The number of carbonyl (C=O) groups excluding carboxylic acids is 1. The first kappa shape index (κ1) is 15.5. The van der Waals surface area contributed by atoms with Gasteiger partial charge in [0.2, 0.25) is 0 Å². The zero-order valence-electron chi connectivity index (χ0n) is 11.2. The molecule has 5 heteroatoms. The van der Waals surface area contributed by atoms with Crippen molar-refractivity contribution in [2.75, 3.05) is 0 Å². The third-order valence-electron chi connectivity index (χ3n) is 2.74. The van der Waals surface area contributed by atoms with Crippen LogP contribution >= 0.6 is 11.6 Å². The summed E-state index contributed by atoms with van der Waals surface area (Å²) in [5.41, 5.74) is 1.42. The van der Waals surface area contributed by atoms with Crippen LogP contribution in [0.5, 0.6) is 0 Å². The largest absolute Gasteiger partial charge is 0.481 e. The molecule has 0 radical (unpaired) electrons. The van der Waals surface area contributed by atoms with E-state index in [1.165, 1.54) is 0 Å². The predicted octanol–water partition coefficient (Wildman–Crippen LogP) is 3.06. The molecule has 0 bridgehead atoms. The second-order valence-electron chi connectivity index (χ2n) is 4.86. The maximum atomic E-state index is 11.9. The summed E-state index contributed by atoms with van der Waals surface area (Å²) in [4.78, 5) is 22.4. The number of hydrogen-bond acceptors (Lipinski definition) is 2. The highest BCUT2D eigenvalue weighted by molar-refractivity contribution is 6.31. The summed E-state index contributed by atoms with van der Waals surface area (Å²) in [5.74, 6) is -0.970. The van der Waals surface area contributed by atoms with Crippen LogP contribution < -0.4 is 5.32 Å². The van der Waals surface area contributed by atoms with Gasteiger partial charge in [-0.1, -0.05) is 31.5 Å². The third-order valence-corrected chi connectivity index (χ3v) is 3.07. The molecule has 0 saturated carbocycles. The quantitative estimate of drug-likeness (QED) is 0.873. The van der Waals surface area contributed by atoms with Crippen molar-refractivity contribution in [2.45, 2.75) is 39.2 Å². The lowest BCUT2D eigenvalue weighted by Gasteiger charge is -2.13. The van der Waals surface area contributed by atoms with Crippen LogP contribution in [0.1, 0.15) is 49.0 Å². The van der Waals surface area contributed by atoms with Crippen molar-refractivity contribution in [3.63, 3.8) is 0 Å². The zero-order valence-corrected chi connectivity index (χ0v) is 12.0. The number of aliphatic carboxylic acids is 1. The first-order valence-electron chi connectivity index (χ1n) is 6.13. The summed E-state index contributed by atoms with van der Waals surface area (Å²) in [7, 11) is 0. The number of carboxylic acid groups (broad SMARTS) is 1. The molecule has 0 aliphatic heterocycles. The van der Waals surface area contributed by atoms with E-state index in [1.807, 2.05) is 19.9 Å². The van der Waals surface area contributed by atoms with Crippen molar-refractivity contribution in [3.8, 4) is 0 Å². The van der Waals surface area contributed by atoms with Crippen molar-refractivity contribution in [3.05, 3.63) is 34.3 Å². The first-order chi connectivity index (χ1) is 8.81. The van der Waals surface area contributed by atoms with Crippen LogP contribution in [0.2, 0.25) is 5.02 Å². The molecular weight excluding hydrogens is 266 g/mol. The molecule has 1 aromatic carbocycles. The van der Waals surface area contributed by atoms with Gasteiger partial charge in [-0.2, -0.15) is 0 Å². The van der Waals surface area contributed by atoms with Gasteiger partial charge >= 0.3 is 5.97 Å². The Balaban J connectivity index is 2.78. The lowest BCUT2D eigenvalue weighted by molar-refractivity contribution is -0.137. The van der Waals surface area contributed by atoms with E-state index in [0.29, 0.717) is 10.6 Å². The number of halogens is 1. The average molecular weight is 284 g/mol. The van der Waals surface area contributed by atoms with E-state index >= 15 is 0 Å². The number of amides is 1. The van der Waals surface area contributed by atoms with E-state index in [2.05, 4.69) is 5.32 Å². The van der Waals surface area contributed by atoms with Crippen LogP contribution in [0.4, 0.5) is 0 Å². The van der Waals surface area contributed by atoms with Crippen molar-refractivity contribution < 1.29 is 14.7 Å². The van der Waals surface area contributed by atoms with E-state index in [4.69, 9.17) is 16.7 Å². The highest BCUT2D eigenvalue weighted by Crippen LogP contribution is 2.25. The summed E-state index contributed by atoms with van der Waals surface area (Å²) in [6, 6.07) is 4.71. The fourth-order valence-corrected chi connectivity index (χ4v) is 2.16. The van der Waals surface area contributed by atoms with E-state index in [0.717, 1.165) is 5.56 Å². The smallest absolute Gasteiger partial charge is 0.305 e. The molecule has 104 valence electrons. The SMILES string of the molecule is CC(CC(=O)O)NC(=O)c1ccc(C(C)C)c(Cl)c1. The molecule has 1 amide bonds. The van der Waals surface area contributed by atoms with E-state index in [-0.39, 0.29) is 18.2 Å². The highest BCUT2D eigenvalue weighted by Gasteiger charge is 2.14. The Bertz CT molecular complexity index is 486. The molecule has 1 aromatic rings. The van der Waals surface area contributed by atoms with Crippen LogP contribution in [0, 0.1) is 0 Å². The Morgan fingerprint density at radius 3 is 2.42 bits per heavy atom. The molecule has 0 fully saturated rings. The molecule has 4 nitrogen and oxygen atoms in total. The predicted molar refractivity (Wildman–Crippen MR) is 74.7 cm³/mol. The van der Waals surface area contributed by atoms with E-state index < -0.39 is 12.0 Å².